The van der Waals surface area contributed by atoms with Crippen LogP contribution in [0, 0.1) is 5.82 Å². The standard InChI is InChI=1S/C26H27FN2O3/c27-23-8-6-20(7-9-23)12-16-31-24-4-1-3-22(17-24)19-29(18-21-10-13-28-14-11-21)26(30)25-5-2-15-32-25/h1,3-4,6-11,13-14,17,25H,2,5,12,15-16,18-19H2/t25-/m0/s1. The van der Waals surface area contributed by atoms with Crippen LogP contribution >= 0.6 is 0 Å². The van der Waals surface area contributed by atoms with Gasteiger partial charge in [-0.1, -0.05) is 24.3 Å². The highest BCUT2D eigenvalue weighted by molar-refractivity contribution is 5.81. The molecule has 1 aliphatic heterocycles. The summed E-state index contributed by atoms with van der Waals surface area (Å²) in [5.74, 6) is 0.524. The normalized spacial score (nSPS) is 15.5. The van der Waals surface area contributed by atoms with Gasteiger partial charge < -0.3 is 14.4 Å². The third-order valence-electron chi connectivity index (χ3n) is 5.48. The van der Waals surface area contributed by atoms with E-state index < -0.39 is 0 Å². The van der Waals surface area contributed by atoms with Crippen molar-refractivity contribution in [2.45, 2.75) is 38.5 Å². The Morgan fingerprint density at radius 1 is 1.03 bits per heavy atom. The molecule has 1 fully saturated rings. The van der Waals surface area contributed by atoms with Crippen LogP contribution in [0.4, 0.5) is 4.39 Å². The first-order valence-electron chi connectivity index (χ1n) is 10.9. The maximum absolute atomic E-state index is 13.1. The van der Waals surface area contributed by atoms with Crippen molar-refractivity contribution < 1.29 is 18.7 Å². The molecule has 1 aromatic heterocycles. The van der Waals surface area contributed by atoms with E-state index >= 15 is 0 Å². The molecule has 0 spiro atoms. The third-order valence-corrected chi connectivity index (χ3v) is 5.48. The van der Waals surface area contributed by atoms with Gasteiger partial charge in [0, 0.05) is 38.5 Å². The van der Waals surface area contributed by atoms with Crippen LogP contribution in [0.1, 0.15) is 29.5 Å². The lowest BCUT2D eigenvalue weighted by atomic mass is 10.1. The molecule has 0 bridgehead atoms. The lowest BCUT2D eigenvalue weighted by Gasteiger charge is -2.26. The molecule has 3 aromatic rings. The number of aromatic nitrogens is 1. The largest absolute Gasteiger partial charge is 0.493 e. The molecule has 166 valence electrons. The first kappa shape index (κ1) is 22.0. The smallest absolute Gasteiger partial charge is 0.252 e. The summed E-state index contributed by atoms with van der Waals surface area (Å²) in [7, 11) is 0. The fourth-order valence-corrected chi connectivity index (χ4v) is 3.79. The van der Waals surface area contributed by atoms with Gasteiger partial charge in [-0.25, -0.2) is 4.39 Å². The fraction of sp³-hybridized carbons (Fsp3) is 0.308. The number of ether oxygens (including phenoxy) is 2. The van der Waals surface area contributed by atoms with Gasteiger partial charge in [0.1, 0.15) is 17.7 Å². The minimum Gasteiger partial charge on any atom is -0.493 e. The molecule has 2 aromatic carbocycles. The van der Waals surface area contributed by atoms with E-state index in [1.807, 2.05) is 41.3 Å². The number of amides is 1. The molecule has 1 saturated heterocycles. The minimum atomic E-state index is -0.369. The van der Waals surface area contributed by atoms with E-state index in [1.54, 1.807) is 24.5 Å². The zero-order chi connectivity index (χ0) is 22.2. The molecule has 4 rings (SSSR count). The molecular weight excluding hydrogens is 407 g/mol. The zero-order valence-electron chi connectivity index (χ0n) is 18.0. The Hall–Kier alpha value is -3.25. The number of carbonyl (C=O) groups excluding carboxylic acids is 1. The van der Waals surface area contributed by atoms with Gasteiger partial charge in [0.2, 0.25) is 0 Å². The van der Waals surface area contributed by atoms with Crippen LogP contribution in [-0.4, -0.2) is 35.1 Å². The van der Waals surface area contributed by atoms with E-state index in [2.05, 4.69) is 4.98 Å². The van der Waals surface area contributed by atoms with E-state index in [4.69, 9.17) is 9.47 Å². The Kier molecular flexibility index (Phi) is 7.46. The monoisotopic (exact) mass is 434 g/mol. The summed E-state index contributed by atoms with van der Waals surface area (Å²) < 4.78 is 24.6. The first-order valence-corrected chi connectivity index (χ1v) is 10.9. The highest BCUT2D eigenvalue weighted by Gasteiger charge is 2.28. The molecule has 6 heteroatoms. The van der Waals surface area contributed by atoms with Crippen molar-refractivity contribution in [2.75, 3.05) is 13.2 Å². The van der Waals surface area contributed by atoms with Crippen LogP contribution in [-0.2, 0) is 29.0 Å². The van der Waals surface area contributed by atoms with Gasteiger partial charge in [0.15, 0.2) is 0 Å². The summed E-state index contributed by atoms with van der Waals surface area (Å²) >= 11 is 0. The van der Waals surface area contributed by atoms with Gasteiger partial charge in [0.05, 0.1) is 6.61 Å². The average molecular weight is 435 g/mol. The molecule has 5 nitrogen and oxygen atoms in total. The van der Waals surface area contributed by atoms with Crippen molar-refractivity contribution in [3.63, 3.8) is 0 Å². The molecule has 0 saturated carbocycles. The number of hydrogen-bond acceptors (Lipinski definition) is 4. The first-order chi connectivity index (χ1) is 15.7. The molecule has 1 atom stereocenters. The number of benzene rings is 2. The second-order valence-electron chi connectivity index (χ2n) is 7.92. The number of rotatable bonds is 9. The molecule has 0 N–H and O–H groups in total. The van der Waals surface area contributed by atoms with E-state index in [9.17, 15) is 9.18 Å². The summed E-state index contributed by atoms with van der Waals surface area (Å²) in [6.45, 7) is 2.09. The summed E-state index contributed by atoms with van der Waals surface area (Å²) in [4.78, 5) is 19.0. The third kappa shape index (κ3) is 6.14. The Bertz CT molecular complexity index is 1010. The Morgan fingerprint density at radius 2 is 1.81 bits per heavy atom. The van der Waals surface area contributed by atoms with Crippen molar-refractivity contribution >= 4 is 5.91 Å². The number of nitrogens with zero attached hydrogens (tertiary/aromatic N) is 2. The van der Waals surface area contributed by atoms with Gasteiger partial charge >= 0.3 is 0 Å². The Morgan fingerprint density at radius 3 is 2.56 bits per heavy atom. The van der Waals surface area contributed by atoms with E-state index in [1.165, 1.54) is 12.1 Å². The van der Waals surface area contributed by atoms with Crippen molar-refractivity contribution in [1.29, 1.82) is 0 Å². The van der Waals surface area contributed by atoms with Crippen molar-refractivity contribution in [1.82, 2.24) is 9.88 Å². The maximum atomic E-state index is 13.1. The summed E-state index contributed by atoms with van der Waals surface area (Å²) in [5, 5.41) is 0. The topological polar surface area (TPSA) is 51.7 Å². The van der Waals surface area contributed by atoms with E-state index in [0.29, 0.717) is 32.7 Å². The van der Waals surface area contributed by atoms with Gasteiger partial charge in [-0.15, -0.1) is 0 Å². The second-order valence-corrected chi connectivity index (χ2v) is 7.92. The molecule has 1 aliphatic rings. The quantitative estimate of drug-likeness (QED) is 0.496. The van der Waals surface area contributed by atoms with Gasteiger partial charge in [0.25, 0.3) is 5.91 Å². The minimum absolute atomic E-state index is 0.0157. The number of pyridine rings is 1. The van der Waals surface area contributed by atoms with Crippen LogP contribution in [0.2, 0.25) is 0 Å². The highest BCUT2D eigenvalue weighted by Crippen LogP contribution is 2.21. The molecular formula is C26H27FN2O3. The van der Waals surface area contributed by atoms with Crippen LogP contribution in [0.3, 0.4) is 0 Å². The van der Waals surface area contributed by atoms with E-state index in [-0.39, 0.29) is 17.8 Å². The SMILES string of the molecule is O=C([C@@H]1CCCO1)N(Cc1ccncc1)Cc1cccc(OCCc2ccc(F)cc2)c1. The molecule has 2 heterocycles. The number of halogens is 1. The Labute approximate surface area is 187 Å². The predicted octanol–water partition coefficient (Wildman–Crippen LogP) is 4.55. The van der Waals surface area contributed by atoms with Gasteiger partial charge in [-0.2, -0.15) is 0 Å². The van der Waals surface area contributed by atoms with Crippen molar-refractivity contribution in [2.24, 2.45) is 0 Å². The van der Waals surface area contributed by atoms with Crippen LogP contribution in [0.15, 0.2) is 73.1 Å². The van der Waals surface area contributed by atoms with E-state index in [0.717, 1.165) is 35.3 Å². The number of carbonyl (C=O) groups is 1. The van der Waals surface area contributed by atoms with Crippen molar-refractivity contribution in [3.05, 3.63) is 95.6 Å². The molecule has 0 aliphatic carbocycles. The zero-order valence-corrected chi connectivity index (χ0v) is 18.0. The summed E-state index contributed by atoms with van der Waals surface area (Å²) in [6, 6.07) is 18.1. The van der Waals surface area contributed by atoms with Crippen LogP contribution < -0.4 is 4.74 Å². The molecule has 32 heavy (non-hydrogen) atoms. The fourth-order valence-electron chi connectivity index (χ4n) is 3.79. The average Bonchev–Trinajstić information content (AvgIpc) is 3.36. The summed E-state index contributed by atoms with van der Waals surface area (Å²) in [5.41, 5.74) is 3.04. The van der Waals surface area contributed by atoms with Crippen LogP contribution in [0.5, 0.6) is 5.75 Å². The summed E-state index contributed by atoms with van der Waals surface area (Å²) in [6.07, 6.45) is 5.47. The lowest BCUT2D eigenvalue weighted by molar-refractivity contribution is -0.142. The van der Waals surface area contributed by atoms with Gasteiger partial charge in [-0.3, -0.25) is 9.78 Å². The molecule has 1 amide bonds. The Balaban J connectivity index is 1.40. The van der Waals surface area contributed by atoms with Crippen LogP contribution in [0.25, 0.3) is 0 Å². The predicted molar refractivity (Wildman–Crippen MR) is 120 cm³/mol. The number of hydrogen-bond donors (Lipinski definition) is 0. The highest BCUT2D eigenvalue weighted by atomic mass is 19.1. The van der Waals surface area contributed by atoms with Gasteiger partial charge in [-0.05, 0) is 65.9 Å². The molecule has 0 radical (unpaired) electrons. The molecule has 0 unspecified atom stereocenters. The lowest BCUT2D eigenvalue weighted by Crippen LogP contribution is -2.38. The maximum Gasteiger partial charge on any atom is 0.252 e. The van der Waals surface area contributed by atoms with Crippen molar-refractivity contribution in [3.8, 4) is 5.75 Å². The second kappa shape index (κ2) is 10.9.